The first-order chi connectivity index (χ1) is 14.9. The number of amides is 1. The Hall–Kier alpha value is -2.45. The summed E-state index contributed by atoms with van der Waals surface area (Å²) in [4.78, 5) is 27.8. The van der Waals surface area contributed by atoms with Gasteiger partial charge in [-0.15, -0.1) is 4.28 Å². The van der Waals surface area contributed by atoms with Crippen molar-refractivity contribution < 1.29 is 22.3 Å². The molecule has 0 spiro atoms. The summed E-state index contributed by atoms with van der Waals surface area (Å²) in [5.74, 6) is -0.773. The SMILES string of the molecule is CN(OS(=O)(=O)CC12CCC(CC1=O)C2(C)C)C(=O)c1ccc(N(C)C)c2ccccc12. The molecule has 32 heavy (non-hydrogen) atoms. The maximum absolute atomic E-state index is 13.2. The average molecular weight is 459 g/mol. The number of rotatable bonds is 6. The van der Waals surface area contributed by atoms with Crippen LogP contribution in [0.4, 0.5) is 5.69 Å². The topological polar surface area (TPSA) is 84.0 Å². The normalized spacial score (nSPS) is 24.2. The maximum atomic E-state index is 13.2. The van der Waals surface area contributed by atoms with Crippen LogP contribution >= 0.6 is 0 Å². The molecule has 0 aromatic heterocycles. The van der Waals surface area contributed by atoms with E-state index in [1.165, 1.54) is 7.05 Å². The third kappa shape index (κ3) is 3.40. The molecule has 0 heterocycles. The summed E-state index contributed by atoms with van der Waals surface area (Å²) < 4.78 is 31.2. The number of nitrogens with zero attached hydrogens (tertiary/aromatic N) is 2. The first-order valence-electron chi connectivity index (χ1n) is 10.8. The summed E-state index contributed by atoms with van der Waals surface area (Å²) in [5.41, 5.74) is -0.0488. The zero-order valence-corrected chi connectivity index (χ0v) is 20.0. The van der Waals surface area contributed by atoms with Crippen LogP contribution in [0.2, 0.25) is 0 Å². The number of benzene rings is 2. The van der Waals surface area contributed by atoms with Crippen LogP contribution in [-0.2, 0) is 19.2 Å². The Labute approximate surface area is 189 Å². The molecular formula is C24H30N2O5S. The first kappa shape index (κ1) is 22.7. The molecule has 172 valence electrons. The zero-order valence-electron chi connectivity index (χ0n) is 19.2. The predicted octanol–water partition coefficient (Wildman–Crippen LogP) is 3.63. The lowest BCUT2D eigenvalue weighted by molar-refractivity contribution is -0.128. The Morgan fingerprint density at radius 2 is 1.75 bits per heavy atom. The molecule has 2 fully saturated rings. The highest BCUT2D eigenvalue weighted by Crippen LogP contribution is 2.64. The van der Waals surface area contributed by atoms with E-state index in [0.29, 0.717) is 23.8 Å². The lowest BCUT2D eigenvalue weighted by Gasteiger charge is -2.36. The second-order valence-electron chi connectivity index (χ2n) is 9.82. The van der Waals surface area contributed by atoms with Gasteiger partial charge in [-0.25, -0.2) is 5.06 Å². The summed E-state index contributed by atoms with van der Waals surface area (Å²) >= 11 is 0. The highest BCUT2D eigenvalue weighted by molar-refractivity contribution is 7.86. The molecule has 0 radical (unpaired) electrons. The minimum Gasteiger partial charge on any atom is -0.377 e. The van der Waals surface area contributed by atoms with Gasteiger partial charge in [0.15, 0.2) is 0 Å². The number of Topliss-reactive ketones (excluding diaryl/α,β-unsaturated/α-hetero) is 1. The van der Waals surface area contributed by atoms with Crippen LogP contribution in [0.25, 0.3) is 10.8 Å². The summed E-state index contributed by atoms with van der Waals surface area (Å²) in [6.07, 6.45) is 1.80. The fourth-order valence-corrected chi connectivity index (χ4v) is 7.41. The van der Waals surface area contributed by atoms with Gasteiger partial charge in [-0.2, -0.15) is 8.42 Å². The molecule has 2 bridgehead atoms. The van der Waals surface area contributed by atoms with Gasteiger partial charge in [0, 0.05) is 44.2 Å². The Bertz CT molecular complexity index is 1200. The van der Waals surface area contributed by atoms with Crippen LogP contribution in [0.5, 0.6) is 0 Å². The fraction of sp³-hybridized carbons (Fsp3) is 0.500. The van der Waals surface area contributed by atoms with Crippen LogP contribution in [0.15, 0.2) is 36.4 Å². The molecule has 2 saturated carbocycles. The minimum absolute atomic E-state index is 0.00910. The van der Waals surface area contributed by atoms with E-state index >= 15 is 0 Å². The number of fused-ring (bicyclic) bond motifs is 3. The molecule has 2 aromatic carbocycles. The van der Waals surface area contributed by atoms with E-state index < -0.39 is 32.6 Å². The molecule has 2 unspecified atom stereocenters. The van der Waals surface area contributed by atoms with Gasteiger partial charge in [-0.3, -0.25) is 9.59 Å². The third-order valence-corrected chi connectivity index (χ3v) is 8.98. The van der Waals surface area contributed by atoms with E-state index in [9.17, 15) is 18.0 Å². The van der Waals surface area contributed by atoms with Crippen LogP contribution in [0.1, 0.15) is 43.5 Å². The highest BCUT2D eigenvalue weighted by atomic mass is 32.2. The van der Waals surface area contributed by atoms with Crippen LogP contribution < -0.4 is 4.90 Å². The number of ketones is 1. The molecule has 2 aliphatic carbocycles. The van der Waals surface area contributed by atoms with Crippen molar-refractivity contribution in [2.45, 2.75) is 33.1 Å². The average Bonchev–Trinajstić information content (AvgIpc) is 3.05. The molecule has 0 aliphatic heterocycles. The Morgan fingerprint density at radius 1 is 1.09 bits per heavy atom. The largest absolute Gasteiger partial charge is 0.377 e. The maximum Gasteiger partial charge on any atom is 0.289 e. The summed E-state index contributed by atoms with van der Waals surface area (Å²) in [6.45, 7) is 3.94. The number of carbonyl (C=O) groups is 2. The standard InChI is InChI=1S/C24H30N2O5S/c1-23(2)16-12-13-24(23,21(27)14-16)15-32(29,30)31-26(5)22(28)19-10-11-20(25(3)4)18-9-7-6-8-17(18)19/h6-11,16H,12-15H2,1-5H3. The van der Waals surface area contributed by atoms with Crippen molar-refractivity contribution in [2.75, 3.05) is 31.8 Å². The molecule has 2 aromatic rings. The van der Waals surface area contributed by atoms with Crippen molar-refractivity contribution in [3.8, 4) is 0 Å². The van der Waals surface area contributed by atoms with Crippen molar-refractivity contribution in [3.05, 3.63) is 42.0 Å². The van der Waals surface area contributed by atoms with E-state index in [1.54, 1.807) is 6.07 Å². The number of anilines is 1. The van der Waals surface area contributed by atoms with Gasteiger partial charge in [-0.1, -0.05) is 38.1 Å². The molecule has 4 rings (SSSR count). The second-order valence-corrected chi connectivity index (χ2v) is 11.4. The van der Waals surface area contributed by atoms with Crippen molar-refractivity contribution in [3.63, 3.8) is 0 Å². The van der Waals surface area contributed by atoms with Crippen LogP contribution in [-0.4, -0.2) is 52.1 Å². The molecule has 8 heteroatoms. The zero-order chi connectivity index (χ0) is 23.5. The van der Waals surface area contributed by atoms with Crippen LogP contribution in [0.3, 0.4) is 0 Å². The molecule has 0 saturated heterocycles. The van der Waals surface area contributed by atoms with E-state index in [4.69, 9.17) is 4.28 Å². The predicted molar refractivity (Wildman–Crippen MR) is 124 cm³/mol. The second kappa shape index (κ2) is 7.56. The van der Waals surface area contributed by atoms with Gasteiger partial charge < -0.3 is 4.90 Å². The van der Waals surface area contributed by atoms with Gasteiger partial charge in [0.2, 0.25) is 0 Å². The number of hydroxylamine groups is 2. The van der Waals surface area contributed by atoms with Gasteiger partial charge >= 0.3 is 0 Å². The first-order valence-corrected chi connectivity index (χ1v) is 12.4. The fourth-order valence-electron chi connectivity index (χ4n) is 5.67. The van der Waals surface area contributed by atoms with Gasteiger partial charge in [0.25, 0.3) is 16.0 Å². The monoisotopic (exact) mass is 458 g/mol. The third-order valence-electron chi connectivity index (χ3n) is 7.69. The van der Waals surface area contributed by atoms with Gasteiger partial charge in [0.1, 0.15) is 5.78 Å². The Kier molecular flexibility index (Phi) is 5.37. The Morgan fingerprint density at radius 3 is 2.31 bits per heavy atom. The van der Waals surface area contributed by atoms with E-state index in [-0.39, 0.29) is 11.7 Å². The Balaban J connectivity index is 1.60. The van der Waals surface area contributed by atoms with Gasteiger partial charge in [0.05, 0.1) is 11.2 Å². The summed E-state index contributed by atoms with van der Waals surface area (Å²) in [7, 11) is 0.974. The lowest BCUT2D eigenvalue weighted by atomic mass is 9.70. The van der Waals surface area contributed by atoms with E-state index in [1.807, 2.05) is 63.2 Å². The smallest absolute Gasteiger partial charge is 0.289 e. The number of carbonyl (C=O) groups excluding carboxylic acids is 2. The molecule has 2 aliphatic rings. The van der Waals surface area contributed by atoms with Crippen molar-refractivity contribution in [1.29, 1.82) is 0 Å². The minimum atomic E-state index is -4.16. The number of hydrogen-bond acceptors (Lipinski definition) is 6. The quantitative estimate of drug-likeness (QED) is 0.615. The summed E-state index contributed by atoms with van der Waals surface area (Å²) in [5, 5.41) is 2.36. The molecule has 0 N–H and O–H groups in total. The van der Waals surface area contributed by atoms with Crippen molar-refractivity contribution >= 4 is 38.3 Å². The highest BCUT2D eigenvalue weighted by Gasteiger charge is 2.65. The summed E-state index contributed by atoms with van der Waals surface area (Å²) in [6, 6.07) is 11.0. The molecule has 1 amide bonds. The van der Waals surface area contributed by atoms with E-state index in [0.717, 1.165) is 22.6 Å². The molecule has 7 nitrogen and oxygen atoms in total. The molecular weight excluding hydrogens is 428 g/mol. The lowest BCUT2D eigenvalue weighted by Crippen LogP contribution is -2.44. The molecule has 2 atom stereocenters. The van der Waals surface area contributed by atoms with E-state index in [2.05, 4.69) is 0 Å². The number of hydrogen-bond donors (Lipinski definition) is 0. The van der Waals surface area contributed by atoms with Crippen molar-refractivity contribution in [1.82, 2.24) is 5.06 Å². The van der Waals surface area contributed by atoms with Crippen molar-refractivity contribution in [2.24, 2.45) is 16.7 Å². The van der Waals surface area contributed by atoms with Gasteiger partial charge in [-0.05, 0) is 41.7 Å². The van der Waals surface area contributed by atoms with Crippen LogP contribution in [0, 0.1) is 16.7 Å².